The van der Waals surface area contributed by atoms with Gasteiger partial charge in [0.25, 0.3) is 5.91 Å². The SMILES string of the molecule is CN1CCOc2ccc(NS(=O)(=O)Cc3ccccc3Cl)cc2C1=O. The van der Waals surface area contributed by atoms with Crippen molar-refractivity contribution in [3.8, 4) is 5.75 Å². The fourth-order valence-electron chi connectivity index (χ4n) is 2.52. The van der Waals surface area contributed by atoms with E-state index in [-0.39, 0.29) is 11.7 Å². The predicted octanol–water partition coefficient (Wildman–Crippen LogP) is 2.75. The number of benzene rings is 2. The van der Waals surface area contributed by atoms with Gasteiger partial charge in [-0.25, -0.2) is 8.42 Å². The Morgan fingerprint density at radius 1 is 1.24 bits per heavy atom. The van der Waals surface area contributed by atoms with Crippen molar-refractivity contribution in [2.24, 2.45) is 0 Å². The molecule has 1 aliphatic rings. The van der Waals surface area contributed by atoms with Crippen molar-refractivity contribution in [3.05, 3.63) is 58.6 Å². The van der Waals surface area contributed by atoms with E-state index in [1.165, 1.54) is 11.0 Å². The first-order valence-electron chi connectivity index (χ1n) is 7.62. The van der Waals surface area contributed by atoms with Gasteiger partial charge in [-0.15, -0.1) is 0 Å². The Bertz CT molecular complexity index is 915. The maximum absolute atomic E-state index is 12.4. The van der Waals surface area contributed by atoms with E-state index in [2.05, 4.69) is 4.72 Å². The van der Waals surface area contributed by atoms with Gasteiger partial charge in [-0.05, 0) is 29.8 Å². The zero-order valence-electron chi connectivity index (χ0n) is 13.5. The number of likely N-dealkylation sites (N-methyl/N-ethyl adjacent to an activating group) is 1. The van der Waals surface area contributed by atoms with Crippen molar-refractivity contribution in [1.29, 1.82) is 0 Å². The Morgan fingerprint density at radius 3 is 2.76 bits per heavy atom. The van der Waals surface area contributed by atoms with Crippen LogP contribution in [-0.2, 0) is 15.8 Å². The summed E-state index contributed by atoms with van der Waals surface area (Å²) in [6.07, 6.45) is 0. The van der Waals surface area contributed by atoms with E-state index in [1.807, 2.05) is 0 Å². The van der Waals surface area contributed by atoms with E-state index in [9.17, 15) is 13.2 Å². The molecule has 0 radical (unpaired) electrons. The highest BCUT2D eigenvalue weighted by Gasteiger charge is 2.22. The van der Waals surface area contributed by atoms with E-state index in [0.717, 1.165) is 0 Å². The van der Waals surface area contributed by atoms with Gasteiger partial charge in [0.2, 0.25) is 10.0 Å². The van der Waals surface area contributed by atoms with Crippen molar-refractivity contribution in [2.45, 2.75) is 5.75 Å². The molecule has 0 atom stereocenters. The number of anilines is 1. The molecule has 0 saturated carbocycles. The van der Waals surface area contributed by atoms with Gasteiger partial charge in [0.05, 0.1) is 17.9 Å². The van der Waals surface area contributed by atoms with Gasteiger partial charge < -0.3 is 9.64 Å². The van der Waals surface area contributed by atoms with Crippen LogP contribution in [0.1, 0.15) is 15.9 Å². The summed E-state index contributed by atoms with van der Waals surface area (Å²) in [6.45, 7) is 0.869. The van der Waals surface area contributed by atoms with Crippen molar-refractivity contribution in [2.75, 3.05) is 24.9 Å². The molecule has 0 unspecified atom stereocenters. The van der Waals surface area contributed by atoms with Crippen LogP contribution in [0.2, 0.25) is 5.02 Å². The fraction of sp³-hybridized carbons (Fsp3) is 0.235. The van der Waals surface area contributed by atoms with Crippen LogP contribution in [0.15, 0.2) is 42.5 Å². The molecule has 25 heavy (non-hydrogen) atoms. The third-order valence-electron chi connectivity index (χ3n) is 3.82. The van der Waals surface area contributed by atoms with Crippen molar-refractivity contribution < 1.29 is 17.9 Å². The first-order valence-corrected chi connectivity index (χ1v) is 9.65. The number of nitrogens with zero attached hydrogens (tertiary/aromatic N) is 1. The van der Waals surface area contributed by atoms with E-state index in [4.69, 9.17) is 16.3 Å². The van der Waals surface area contributed by atoms with Crippen LogP contribution in [0.4, 0.5) is 5.69 Å². The lowest BCUT2D eigenvalue weighted by Gasteiger charge is -2.14. The molecule has 3 rings (SSSR count). The maximum atomic E-state index is 12.4. The fourth-order valence-corrected chi connectivity index (χ4v) is 4.02. The van der Waals surface area contributed by atoms with Crippen molar-refractivity contribution in [1.82, 2.24) is 4.90 Å². The summed E-state index contributed by atoms with van der Waals surface area (Å²) in [6, 6.07) is 11.4. The number of sulfonamides is 1. The first-order chi connectivity index (χ1) is 11.9. The molecule has 0 spiro atoms. The molecule has 2 aromatic carbocycles. The summed E-state index contributed by atoms with van der Waals surface area (Å²) in [5, 5.41) is 0.389. The van der Waals surface area contributed by atoms with Crippen LogP contribution in [0, 0.1) is 0 Å². The minimum Gasteiger partial charge on any atom is -0.491 e. The zero-order valence-corrected chi connectivity index (χ0v) is 15.1. The molecule has 8 heteroatoms. The standard InChI is InChI=1S/C17H17ClN2O4S/c1-20-8-9-24-16-7-6-13(10-14(16)17(20)21)19-25(22,23)11-12-4-2-3-5-15(12)18/h2-7,10,19H,8-9,11H2,1H3. The summed E-state index contributed by atoms with van der Waals surface area (Å²) < 4.78 is 32.8. The summed E-state index contributed by atoms with van der Waals surface area (Å²) in [4.78, 5) is 13.9. The summed E-state index contributed by atoms with van der Waals surface area (Å²) >= 11 is 6.02. The highest BCUT2D eigenvalue weighted by molar-refractivity contribution is 7.91. The third kappa shape index (κ3) is 4.05. The molecule has 0 aliphatic carbocycles. The van der Waals surface area contributed by atoms with Gasteiger partial charge in [-0.2, -0.15) is 0 Å². The lowest BCUT2D eigenvalue weighted by molar-refractivity contribution is 0.0796. The molecule has 2 aromatic rings. The monoisotopic (exact) mass is 380 g/mol. The molecule has 1 heterocycles. The molecule has 1 aliphatic heterocycles. The van der Waals surface area contributed by atoms with E-state index in [0.29, 0.717) is 40.7 Å². The van der Waals surface area contributed by atoms with Crippen LogP contribution in [-0.4, -0.2) is 39.4 Å². The average molecular weight is 381 g/mol. The van der Waals surface area contributed by atoms with Gasteiger partial charge in [0.15, 0.2) is 0 Å². The number of hydrogen-bond donors (Lipinski definition) is 1. The normalized spacial score (nSPS) is 14.5. The molecule has 0 aromatic heterocycles. The van der Waals surface area contributed by atoms with Crippen molar-refractivity contribution >= 4 is 33.2 Å². The number of nitrogens with one attached hydrogen (secondary N) is 1. The first kappa shape index (κ1) is 17.6. The van der Waals surface area contributed by atoms with Crippen LogP contribution in [0.25, 0.3) is 0 Å². The number of ether oxygens (including phenoxy) is 1. The topological polar surface area (TPSA) is 75.7 Å². The summed E-state index contributed by atoms with van der Waals surface area (Å²) in [5.41, 5.74) is 1.14. The second-order valence-electron chi connectivity index (χ2n) is 5.74. The number of fused-ring (bicyclic) bond motifs is 1. The minimum absolute atomic E-state index is 0.209. The lowest BCUT2D eigenvalue weighted by atomic mass is 10.1. The smallest absolute Gasteiger partial charge is 0.257 e. The maximum Gasteiger partial charge on any atom is 0.257 e. The van der Waals surface area contributed by atoms with Crippen molar-refractivity contribution in [3.63, 3.8) is 0 Å². The number of carbonyl (C=O) groups is 1. The molecule has 132 valence electrons. The lowest BCUT2D eigenvalue weighted by Crippen LogP contribution is -2.27. The number of hydrogen-bond acceptors (Lipinski definition) is 4. The molecule has 6 nitrogen and oxygen atoms in total. The van der Waals surface area contributed by atoms with E-state index >= 15 is 0 Å². The van der Waals surface area contributed by atoms with Gasteiger partial charge >= 0.3 is 0 Å². The number of rotatable bonds is 4. The minimum atomic E-state index is -3.68. The Labute approximate surface area is 151 Å². The second kappa shape index (κ2) is 6.93. The largest absolute Gasteiger partial charge is 0.491 e. The Balaban J connectivity index is 1.84. The number of carbonyl (C=O) groups excluding carboxylic acids is 1. The summed E-state index contributed by atoms with van der Waals surface area (Å²) in [5.74, 6) is -0.0169. The molecule has 1 N–H and O–H groups in total. The Kier molecular flexibility index (Phi) is 4.87. The Hall–Kier alpha value is -2.25. The van der Waals surface area contributed by atoms with E-state index in [1.54, 1.807) is 43.4 Å². The van der Waals surface area contributed by atoms with Gasteiger partial charge in [0.1, 0.15) is 12.4 Å². The summed E-state index contributed by atoms with van der Waals surface area (Å²) in [7, 11) is -2.00. The molecule has 0 bridgehead atoms. The van der Waals surface area contributed by atoms with Crippen LogP contribution in [0.5, 0.6) is 5.75 Å². The van der Waals surface area contributed by atoms with Crippen LogP contribution >= 0.6 is 11.6 Å². The highest BCUT2D eigenvalue weighted by atomic mass is 35.5. The third-order valence-corrected chi connectivity index (χ3v) is 5.42. The van der Waals surface area contributed by atoms with Gasteiger partial charge in [-0.3, -0.25) is 9.52 Å². The van der Waals surface area contributed by atoms with Gasteiger partial charge in [-0.1, -0.05) is 29.8 Å². The molecular weight excluding hydrogens is 364 g/mol. The second-order valence-corrected chi connectivity index (χ2v) is 7.87. The Morgan fingerprint density at radius 2 is 2.00 bits per heavy atom. The predicted molar refractivity (Wildman–Crippen MR) is 96.6 cm³/mol. The molecular formula is C17H17ClN2O4S. The van der Waals surface area contributed by atoms with Crippen LogP contribution in [0.3, 0.4) is 0 Å². The molecule has 0 fully saturated rings. The van der Waals surface area contributed by atoms with E-state index < -0.39 is 10.0 Å². The molecule has 1 amide bonds. The molecule has 0 saturated heterocycles. The van der Waals surface area contributed by atoms with Gasteiger partial charge in [0, 0.05) is 17.8 Å². The van der Waals surface area contributed by atoms with Crippen LogP contribution < -0.4 is 9.46 Å². The average Bonchev–Trinajstić information content (AvgIpc) is 2.69. The quantitative estimate of drug-likeness (QED) is 0.884. The number of amides is 1. The number of halogens is 1. The zero-order chi connectivity index (χ0) is 18.0. The highest BCUT2D eigenvalue weighted by Crippen LogP contribution is 2.27.